The Morgan fingerprint density at radius 1 is 1.48 bits per heavy atom. The molecule has 1 heterocycles. The minimum absolute atomic E-state index is 0. The number of benzene rings is 1. The Balaban J connectivity index is 0.00000220. The molecule has 1 aliphatic heterocycles. The molecule has 0 aromatic heterocycles. The molecule has 2 N–H and O–H groups in total. The molecule has 2 rings (SSSR count). The molecular formula is C13H20Cl2N2O3S. The number of sulfonamides is 1. The highest BCUT2D eigenvalue weighted by atomic mass is 35.5. The number of methoxy groups -OCH3 is 1. The van der Waals surface area contributed by atoms with Gasteiger partial charge in [-0.15, -0.1) is 12.4 Å². The molecule has 2 unspecified atom stereocenters. The van der Waals surface area contributed by atoms with E-state index in [0.29, 0.717) is 18.8 Å². The molecule has 8 heteroatoms. The van der Waals surface area contributed by atoms with Crippen molar-refractivity contribution < 1.29 is 13.2 Å². The monoisotopic (exact) mass is 354 g/mol. The fraction of sp³-hybridized carbons (Fsp3) is 0.538. The van der Waals surface area contributed by atoms with Crippen molar-refractivity contribution in [2.24, 2.45) is 11.7 Å². The summed E-state index contributed by atoms with van der Waals surface area (Å²) >= 11 is 5.99. The highest BCUT2D eigenvalue weighted by Crippen LogP contribution is 2.30. The van der Waals surface area contributed by atoms with Gasteiger partial charge in [0.2, 0.25) is 10.0 Å². The van der Waals surface area contributed by atoms with E-state index >= 15 is 0 Å². The molecule has 120 valence electrons. The van der Waals surface area contributed by atoms with Gasteiger partial charge in [0.15, 0.2) is 0 Å². The quantitative estimate of drug-likeness (QED) is 0.898. The Morgan fingerprint density at radius 3 is 2.62 bits per heavy atom. The van der Waals surface area contributed by atoms with Gasteiger partial charge in [-0.3, -0.25) is 0 Å². The van der Waals surface area contributed by atoms with E-state index < -0.39 is 10.0 Å². The number of nitrogens with two attached hydrogens (primary N) is 1. The van der Waals surface area contributed by atoms with E-state index in [2.05, 4.69) is 0 Å². The van der Waals surface area contributed by atoms with Crippen molar-refractivity contribution in [3.8, 4) is 5.75 Å². The average Bonchev–Trinajstić information content (AvgIpc) is 2.89. The van der Waals surface area contributed by atoms with Crippen LogP contribution in [0.2, 0.25) is 5.02 Å². The van der Waals surface area contributed by atoms with Crippen LogP contribution in [0.15, 0.2) is 23.1 Å². The van der Waals surface area contributed by atoms with Gasteiger partial charge in [-0.25, -0.2) is 8.42 Å². The molecule has 2 atom stereocenters. The molecule has 1 fully saturated rings. The first kappa shape index (κ1) is 18.5. The molecule has 21 heavy (non-hydrogen) atoms. The Labute approximate surface area is 136 Å². The van der Waals surface area contributed by atoms with Crippen LogP contribution in [0.4, 0.5) is 0 Å². The van der Waals surface area contributed by atoms with Crippen LogP contribution in [-0.2, 0) is 10.0 Å². The predicted octanol–water partition coefficient (Wildman–Crippen LogP) is 2.13. The molecule has 0 saturated carbocycles. The zero-order valence-corrected chi connectivity index (χ0v) is 14.3. The summed E-state index contributed by atoms with van der Waals surface area (Å²) in [4.78, 5) is 0.189. The maximum atomic E-state index is 12.5. The number of nitrogens with zero attached hydrogens (tertiary/aromatic N) is 1. The molecule has 1 aliphatic rings. The minimum Gasteiger partial charge on any atom is -0.495 e. The fourth-order valence-corrected chi connectivity index (χ4v) is 4.22. The van der Waals surface area contributed by atoms with Gasteiger partial charge >= 0.3 is 0 Å². The van der Waals surface area contributed by atoms with Gasteiger partial charge in [-0.2, -0.15) is 4.31 Å². The highest BCUT2D eigenvalue weighted by Gasteiger charge is 2.34. The summed E-state index contributed by atoms with van der Waals surface area (Å²) in [6.45, 7) is 2.87. The van der Waals surface area contributed by atoms with E-state index in [1.165, 1.54) is 23.5 Å². The lowest BCUT2D eigenvalue weighted by molar-refractivity contribution is 0.414. The van der Waals surface area contributed by atoms with Gasteiger partial charge in [-0.1, -0.05) is 11.6 Å². The van der Waals surface area contributed by atoms with Gasteiger partial charge in [0.25, 0.3) is 0 Å². The van der Waals surface area contributed by atoms with Crippen molar-refractivity contribution in [2.45, 2.75) is 24.3 Å². The number of rotatable bonds is 4. The van der Waals surface area contributed by atoms with Crippen LogP contribution >= 0.6 is 24.0 Å². The van der Waals surface area contributed by atoms with Gasteiger partial charge in [-0.05, 0) is 37.5 Å². The molecule has 0 radical (unpaired) electrons. The fourth-order valence-electron chi connectivity index (χ4n) is 2.36. The van der Waals surface area contributed by atoms with Crippen molar-refractivity contribution in [1.82, 2.24) is 4.31 Å². The SMILES string of the molecule is COc1ccc(S(=O)(=O)N2CCC(C(C)N)C2)cc1Cl.Cl. The molecule has 0 spiro atoms. The Kier molecular flexibility index (Phi) is 6.31. The Hall–Kier alpha value is -0.530. The average molecular weight is 355 g/mol. The third-order valence-electron chi connectivity index (χ3n) is 3.69. The molecule has 5 nitrogen and oxygen atoms in total. The summed E-state index contributed by atoms with van der Waals surface area (Å²) in [5.74, 6) is 0.666. The van der Waals surface area contributed by atoms with E-state index in [0.717, 1.165) is 6.42 Å². The zero-order valence-electron chi connectivity index (χ0n) is 12.0. The van der Waals surface area contributed by atoms with Crippen molar-refractivity contribution in [1.29, 1.82) is 0 Å². The molecule has 1 saturated heterocycles. The number of ether oxygens (including phenoxy) is 1. The molecule has 0 bridgehead atoms. The van der Waals surface area contributed by atoms with Crippen LogP contribution in [0.5, 0.6) is 5.75 Å². The second kappa shape index (κ2) is 7.15. The summed E-state index contributed by atoms with van der Waals surface area (Å²) in [5.41, 5.74) is 5.84. The predicted molar refractivity (Wildman–Crippen MR) is 85.8 cm³/mol. The number of hydrogen-bond acceptors (Lipinski definition) is 4. The Morgan fingerprint density at radius 2 is 2.14 bits per heavy atom. The smallest absolute Gasteiger partial charge is 0.243 e. The van der Waals surface area contributed by atoms with Crippen LogP contribution in [0, 0.1) is 5.92 Å². The second-order valence-corrected chi connectivity index (χ2v) is 7.41. The lowest BCUT2D eigenvalue weighted by Gasteiger charge is -2.18. The van der Waals surface area contributed by atoms with E-state index in [-0.39, 0.29) is 34.3 Å². The first-order valence-electron chi connectivity index (χ1n) is 6.45. The molecule has 0 aliphatic carbocycles. The van der Waals surface area contributed by atoms with E-state index in [9.17, 15) is 8.42 Å². The highest BCUT2D eigenvalue weighted by molar-refractivity contribution is 7.89. The molecular weight excluding hydrogens is 335 g/mol. The topological polar surface area (TPSA) is 72.6 Å². The number of hydrogen-bond donors (Lipinski definition) is 1. The van der Waals surface area contributed by atoms with E-state index in [4.69, 9.17) is 22.1 Å². The lowest BCUT2D eigenvalue weighted by Crippen LogP contribution is -2.33. The molecule has 0 amide bonds. The first-order valence-corrected chi connectivity index (χ1v) is 8.27. The number of halogens is 2. The summed E-state index contributed by atoms with van der Waals surface area (Å²) in [7, 11) is -2.03. The van der Waals surface area contributed by atoms with Crippen molar-refractivity contribution in [3.63, 3.8) is 0 Å². The van der Waals surface area contributed by atoms with Gasteiger partial charge in [0.05, 0.1) is 17.0 Å². The van der Waals surface area contributed by atoms with Crippen LogP contribution in [0.25, 0.3) is 0 Å². The van der Waals surface area contributed by atoms with Gasteiger partial charge in [0, 0.05) is 19.1 Å². The summed E-state index contributed by atoms with van der Waals surface area (Å²) in [6.07, 6.45) is 0.792. The van der Waals surface area contributed by atoms with Crippen molar-refractivity contribution >= 4 is 34.0 Å². The lowest BCUT2D eigenvalue weighted by atomic mass is 10.0. The molecule has 1 aromatic carbocycles. The maximum Gasteiger partial charge on any atom is 0.243 e. The summed E-state index contributed by atoms with van der Waals surface area (Å²) in [5, 5.41) is 0.288. The summed E-state index contributed by atoms with van der Waals surface area (Å²) < 4.78 is 31.6. The third-order valence-corrected chi connectivity index (χ3v) is 5.85. The van der Waals surface area contributed by atoms with Crippen LogP contribution < -0.4 is 10.5 Å². The first-order chi connectivity index (χ1) is 9.36. The van der Waals surface area contributed by atoms with Crippen molar-refractivity contribution in [2.75, 3.05) is 20.2 Å². The normalized spacial score (nSPS) is 20.9. The standard InChI is InChI=1S/C13H19ClN2O3S.ClH/c1-9(15)10-5-6-16(8-10)20(17,18)11-3-4-13(19-2)12(14)7-11;/h3-4,7,9-10H,5-6,8,15H2,1-2H3;1H. The minimum atomic E-state index is -3.51. The maximum absolute atomic E-state index is 12.5. The van der Waals surface area contributed by atoms with Gasteiger partial charge < -0.3 is 10.5 Å². The van der Waals surface area contributed by atoms with Crippen LogP contribution in [-0.4, -0.2) is 39.0 Å². The summed E-state index contributed by atoms with van der Waals surface area (Å²) in [6, 6.07) is 4.50. The van der Waals surface area contributed by atoms with E-state index in [1.54, 1.807) is 6.07 Å². The molecule has 1 aromatic rings. The van der Waals surface area contributed by atoms with E-state index in [1.807, 2.05) is 6.92 Å². The van der Waals surface area contributed by atoms with Crippen LogP contribution in [0.1, 0.15) is 13.3 Å². The van der Waals surface area contributed by atoms with Gasteiger partial charge in [0.1, 0.15) is 5.75 Å². The van der Waals surface area contributed by atoms with Crippen molar-refractivity contribution in [3.05, 3.63) is 23.2 Å². The second-order valence-electron chi connectivity index (χ2n) is 5.07. The Bertz CT molecular complexity index is 593. The largest absolute Gasteiger partial charge is 0.495 e. The third kappa shape index (κ3) is 3.81. The zero-order chi connectivity index (χ0) is 14.9. The van der Waals surface area contributed by atoms with Crippen LogP contribution in [0.3, 0.4) is 0 Å².